The van der Waals surface area contributed by atoms with E-state index in [1.54, 1.807) is 18.2 Å². The van der Waals surface area contributed by atoms with Crippen molar-refractivity contribution in [2.75, 3.05) is 13.2 Å². The van der Waals surface area contributed by atoms with E-state index in [2.05, 4.69) is 10.7 Å². The summed E-state index contributed by atoms with van der Waals surface area (Å²) < 4.78 is 5.08. The molecule has 2 aromatic carbocycles. The summed E-state index contributed by atoms with van der Waals surface area (Å²) in [5.74, 6) is -2.64. The van der Waals surface area contributed by atoms with Gasteiger partial charge in [0.05, 0.1) is 18.5 Å². The van der Waals surface area contributed by atoms with E-state index in [0.29, 0.717) is 5.56 Å². The van der Waals surface area contributed by atoms with Crippen LogP contribution in [0, 0.1) is 12.8 Å². The van der Waals surface area contributed by atoms with E-state index in [1.165, 1.54) is 0 Å². The summed E-state index contributed by atoms with van der Waals surface area (Å²) in [5, 5.41) is 3.88. The zero-order chi connectivity index (χ0) is 22.4. The van der Waals surface area contributed by atoms with E-state index < -0.39 is 30.3 Å². The molecule has 0 saturated carbocycles. The molecule has 162 valence electrons. The molecule has 2 N–H and O–H groups in total. The molecule has 1 saturated heterocycles. The van der Waals surface area contributed by atoms with E-state index in [9.17, 15) is 19.2 Å². The fraction of sp³-hybridized carbons (Fsp3) is 0.304. The Hall–Kier alpha value is -3.68. The van der Waals surface area contributed by atoms with Gasteiger partial charge in [0.2, 0.25) is 5.91 Å². The van der Waals surface area contributed by atoms with E-state index in [-0.39, 0.29) is 24.9 Å². The highest BCUT2D eigenvalue weighted by molar-refractivity contribution is 5.96. The fourth-order valence-electron chi connectivity index (χ4n) is 3.31. The molecule has 3 rings (SSSR count). The molecule has 0 spiro atoms. The first kappa shape index (κ1) is 22.0. The summed E-state index contributed by atoms with van der Waals surface area (Å²) in [6.45, 7) is 3.26. The van der Waals surface area contributed by atoms with Crippen molar-refractivity contribution in [1.82, 2.24) is 15.8 Å². The fourth-order valence-corrected chi connectivity index (χ4v) is 3.31. The van der Waals surface area contributed by atoms with Crippen LogP contribution in [0.15, 0.2) is 54.6 Å². The first-order valence-corrected chi connectivity index (χ1v) is 10.0. The normalized spacial score (nSPS) is 16.5. The van der Waals surface area contributed by atoms with Gasteiger partial charge in [-0.05, 0) is 31.5 Å². The molecule has 0 radical (unpaired) electrons. The minimum atomic E-state index is -0.746. The Bertz CT molecular complexity index is 976. The van der Waals surface area contributed by atoms with Crippen LogP contribution in [0.3, 0.4) is 0 Å². The number of esters is 1. The lowest BCUT2D eigenvalue weighted by Crippen LogP contribution is -2.43. The van der Waals surface area contributed by atoms with Gasteiger partial charge in [-0.1, -0.05) is 48.0 Å². The van der Waals surface area contributed by atoms with Crippen molar-refractivity contribution in [2.45, 2.75) is 26.3 Å². The number of benzene rings is 2. The number of carbonyl (C=O) groups excluding carboxylic acids is 4. The molecule has 0 aromatic heterocycles. The molecule has 0 bridgehead atoms. The van der Waals surface area contributed by atoms with E-state index >= 15 is 0 Å². The van der Waals surface area contributed by atoms with Crippen molar-refractivity contribution < 1.29 is 23.9 Å². The monoisotopic (exact) mass is 423 g/mol. The highest BCUT2D eigenvalue weighted by Gasteiger charge is 2.36. The number of amides is 3. The second kappa shape index (κ2) is 9.88. The van der Waals surface area contributed by atoms with Crippen LogP contribution in [-0.4, -0.2) is 41.9 Å². The third-order valence-corrected chi connectivity index (χ3v) is 5.00. The largest absolute Gasteiger partial charge is 0.455 e. The number of ether oxygens (including phenoxy) is 1. The van der Waals surface area contributed by atoms with Crippen molar-refractivity contribution in [3.63, 3.8) is 0 Å². The smallest absolute Gasteiger partial charge is 0.311 e. The van der Waals surface area contributed by atoms with Gasteiger partial charge >= 0.3 is 5.97 Å². The van der Waals surface area contributed by atoms with Crippen LogP contribution in [0.5, 0.6) is 0 Å². The van der Waals surface area contributed by atoms with Crippen molar-refractivity contribution in [3.8, 4) is 0 Å². The lowest BCUT2D eigenvalue weighted by molar-refractivity contribution is -0.152. The number of hydrazine groups is 1. The first-order chi connectivity index (χ1) is 14.8. The van der Waals surface area contributed by atoms with Gasteiger partial charge in [0.15, 0.2) is 6.61 Å². The van der Waals surface area contributed by atoms with Gasteiger partial charge in [0.1, 0.15) is 0 Å². The Morgan fingerprint density at radius 3 is 2.58 bits per heavy atom. The molecule has 1 heterocycles. The van der Waals surface area contributed by atoms with Crippen LogP contribution in [0.1, 0.15) is 40.9 Å². The van der Waals surface area contributed by atoms with Crippen LogP contribution in [0.25, 0.3) is 0 Å². The van der Waals surface area contributed by atoms with Gasteiger partial charge in [0.25, 0.3) is 11.8 Å². The van der Waals surface area contributed by atoms with Crippen molar-refractivity contribution in [2.24, 2.45) is 5.92 Å². The Balaban J connectivity index is 1.46. The van der Waals surface area contributed by atoms with Crippen LogP contribution in [0.2, 0.25) is 0 Å². The highest BCUT2D eigenvalue weighted by Crippen LogP contribution is 2.18. The van der Waals surface area contributed by atoms with Crippen LogP contribution < -0.4 is 10.7 Å². The maximum atomic E-state index is 12.3. The number of rotatable bonds is 7. The minimum Gasteiger partial charge on any atom is -0.455 e. The highest BCUT2D eigenvalue weighted by atomic mass is 16.5. The number of hydrogen-bond donors (Lipinski definition) is 2. The molecule has 2 atom stereocenters. The molecule has 0 unspecified atom stereocenters. The van der Waals surface area contributed by atoms with Gasteiger partial charge in [-0.15, -0.1) is 0 Å². The second-order valence-electron chi connectivity index (χ2n) is 7.52. The minimum absolute atomic E-state index is 0.00272. The Morgan fingerprint density at radius 1 is 1.13 bits per heavy atom. The lowest BCUT2D eigenvalue weighted by Gasteiger charge is -2.18. The molecule has 3 amide bonds. The zero-order valence-corrected chi connectivity index (χ0v) is 17.5. The summed E-state index contributed by atoms with van der Waals surface area (Å²) in [4.78, 5) is 48.9. The Morgan fingerprint density at radius 2 is 1.87 bits per heavy atom. The number of aryl methyl sites for hydroxylation is 1. The summed E-state index contributed by atoms with van der Waals surface area (Å²) in [6, 6.07) is 16.1. The maximum absolute atomic E-state index is 12.3. The SMILES string of the molecule is Cc1cccc(C(=O)NN2C[C@@H](C(=O)OCC(=O)N[C@@H](C)c3ccccc3)CC2=O)c1. The number of carbonyl (C=O) groups is 4. The Labute approximate surface area is 180 Å². The van der Waals surface area contributed by atoms with E-state index in [0.717, 1.165) is 16.1 Å². The van der Waals surface area contributed by atoms with E-state index in [1.807, 2.05) is 50.2 Å². The average Bonchev–Trinajstić information content (AvgIpc) is 3.13. The number of hydrogen-bond acceptors (Lipinski definition) is 5. The predicted octanol–water partition coefficient (Wildman–Crippen LogP) is 1.91. The van der Waals surface area contributed by atoms with Gasteiger partial charge < -0.3 is 10.1 Å². The first-order valence-electron chi connectivity index (χ1n) is 10.0. The summed E-state index contributed by atoms with van der Waals surface area (Å²) >= 11 is 0. The summed E-state index contributed by atoms with van der Waals surface area (Å²) in [7, 11) is 0. The molecule has 31 heavy (non-hydrogen) atoms. The number of nitrogens with one attached hydrogen (secondary N) is 2. The molecule has 8 heteroatoms. The molecule has 1 aliphatic rings. The van der Waals surface area contributed by atoms with Crippen LogP contribution in [0.4, 0.5) is 0 Å². The molecule has 1 aliphatic heterocycles. The summed E-state index contributed by atoms with van der Waals surface area (Å²) in [5.41, 5.74) is 4.80. The van der Waals surface area contributed by atoms with Gasteiger partial charge in [-0.25, -0.2) is 0 Å². The number of nitrogens with zero attached hydrogens (tertiary/aromatic N) is 1. The topological polar surface area (TPSA) is 105 Å². The molecular weight excluding hydrogens is 398 g/mol. The maximum Gasteiger partial charge on any atom is 0.311 e. The lowest BCUT2D eigenvalue weighted by atomic mass is 10.1. The van der Waals surface area contributed by atoms with Gasteiger partial charge in [-0.2, -0.15) is 0 Å². The van der Waals surface area contributed by atoms with E-state index in [4.69, 9.17) is 4.74 Å². The Kier molecular flexibility index (Phi) is 7.02. The van der Waals surface area contributed by atoms with Crippen molar-refractivity contribution in [1.29, 1.82) is 0 Å². The summed E-state index contributed by atoms with van der Waals surface area (Å²) in [6.07, 6.45) is -0.0883. The molecule has 2 aromatic rings. The van der Waals surface area contributed by atoms with Gasteiger partial charge in [-0.3, -0.25) is 29.6 Å². The van der Waals surface area contributed by atoms with Crippen LogP contribution in [-0.2, 0) is 19.1 Å². The standard InChI is InChI=1S/C23H25N3O5/c1-15-7-6-10-18(11-15)22(29)25-26-13-19(12-21(26)28)23(30)31-14-20(27)24-16(2)17-8-4-3-5-9-17/h3-11,16,19H,12-14H2,1-2H3,(H,24,27)(H,25,29)/t16-,19-/m0/s1. The third kappa shape index (κ3) is 5.91. The zero-order valence-electron chi connectivity index (χ0n) is 17.5. The quantitative estimate of drug-likeness (QED) is 0.662. The molecule has 8 nitrogen and oxygen atoms in total. The average molecular weight is 423 g/mol. The third-order valence-electron chi connectivity index (χ3n) is 5.00. The molecular formula is C23H25N3O5. The predicted molar refractivity (Wildman–Crippen MR) is 112 cm³/mol. The van der Waals surface area contributed by atoms with Gasteiger partial charge in [0, 0.05) is 12.0 Å². The second-order valence-corrected chi connectivity index (χ2v) is 7.52. The van der Waals surface area contributed by atoms with Crippen LogP contribution >= 0.6 is 0 Å². The van der Waals surface area contributed by atoms with Crippen molar-refractivity contribution in [3.05, 3.63) is 71.3 Å². The molecule has 0 aliphatic carbocycles. The van der Waals surface area contributed by atoms with Crippen molar-refractivity contribution >= 4 is 23.7 Å². The molecule has 1 fully saturated rings.